The average Bonchev–Trinajstić information content (AvgIpc) is 2.58. The summed E-state index contributed by atoms with van der Waals surface area (Å²) in [6.45, 7) is 2.29. The van der Waals surface area contributed by atoms with E-state index < -0.39 is 0 Å². The van der Waals surface area contributed by atoms with Gasteiger partial charge in [0.25, 0.3) is 0 Å². The molecule has 1 fully saturated rings. The average molecular weight is 301 g/mol. The van der Waals surface area contributed by atoms with Gasteiger partial charge in [0.1, 0.15) is 0 Å². The first-order chi connectivity index (χ1) is 8.02. The van der Waals surface area contributed by atoms with Crippen LogP contribution in [-0.4, -0.2) is 11.9 Å². The Morgan fingerprint density at radius 1 is 1.53 bits per heavy atom. The van der Waals surface area contributed by atoms with Crippen LogP contribution in [0.1, 0.15) is 31.7 Å². The van der Waals surface area contributed by atoms with Crippen LogP contribution in [0.25, 0.3) is 0 Å². The molecule has 0 heterocycles. The van der Waals surface area contributed by atoms with Crippen molar-refractivity contribution in [3.63, 3.8) is 0 Å². The molecule has 2 rings (SSSR count). The van der Waals surface area contributed by atoms with E-state index in [1.54, 1.807) is 12.1 Å². The van der Waals surface area contributed by atoms with E-state index in [1.165, 1.54) is 26.4 Å². The molecule has 0 radical (unpaired) electrons. The summed E-state index contributed by atoms with van der Waals surface area (Å²) < 4.78 is 18.5. The van der Waals surface area contributed by atoms with Crippen LogP contribution in [0.4, 0.5) is 4.39 Å². The van der Waals surface area contributed by atoms with Crippen LogP contribution in [0.5, 0.6) is 5.75 Å². The normalized spacial score (nSPS) is 28.4. The Bertz CT molecular complexity index is 407. The lowest BCUT2D eigenvalue weighted by molar-refractivity contribution is 0.334. The number of alkyl halides is 1. The van der Waals surface area contributed by atoms with Gasteiger partial charge in [0.2, 0.25) is 0 Å². The van der Waals surface area contributed by atoms with Gasteiger partial charge in [0.15, 0.2) is 11.6 Å². The van der Waals surface area contributed by atoms with Crippen molar-refractivity contribution in [3.05, 3.63) is 29.6 Å². The van der Waals surface area contributed by atoms with Crippen molar-refractivity contribution in [2.75, 3.05) is 7.11 Å². The predicted molar refractivity (Wildman–Crippen MR) is 71.3 cm³/mol. The Morgan fingerprint density at radius 3 is 2.82 bits per heavy atom. The van der Waals surface area contributed by atoms with Gasteiger partial charge in [-0.1, -0.05) is 28.9 Å². The summed E-state index contributed by atoms with van der Waals surface area (Å²) in [6, 6.07) is 5.29. The lowest BCUT2D eigenvalue weighted by atomic mass is 9.82. The molecular weight excluding hydrogens is 283 g/mol. The number of hydrogen-bond donors (Lipinski definition) is 0. The van der Waals surface area contributed by atoms with Crippen LogP contribution in [-0.2, 0) is 6.42 Å². The lowest BCUT2D eigenvalue weighted by Crippen LogP contribution is -2.15. The molecule has 3 heteroatoms. The van der Waals surface area contributed by atoms with Gasteiger partial charge in [-0.05, 0) is 48.8 Å². The molecule has 94 valence electrons. The second-order valence-corrected chi connectivity index (χ2v) is 6.59. The molecule has 0 spiro atoms. The molecule has 1 aromatic rings. The van der Waals surface area contributed by atoms with Crippen molar-refractivity contribution in [2.24, 2.45) is 5.41 Å². The first kappa shape index (κ1) is 12.9. The smallest absolute Gasteiger partial charge is 0.165 e. The highest BCUT2D eigenvalue weighted by atomic mass is 79.9. The Balaban J connectivity index is 2.11. The van der Waals surface area contributed by atoms with Crippen LogP contribution in [0.2, 0.25) is 0 Å². The quantitative estimate of drug-likeness (QED) is 0.755. The van der Waals surface area contributed by atoms with Gasteiger partial charge < -0.3 is 4.74 Å². The summed E-state index contributed by atoms with van der Waals surface area (Å²) in [5.74, 6) is 0.0608. The largest absolute Gasteiger partial charge is 0.494 e. The van der Waals surface area contributed by atoms with Crippen LogP contribution in [0.3, 0.4) is 0 Å². The van der Waals surface area contributed by atoms with Crippen molar-refractivity contribution in [3.8, 4) is 5.75 Å². The van der Waals surface area contributed by atoms with Gasteiger partial charge in [-0.25, -0.2) is 4.39 Å². The van der Waals surface area contributed by atoms with Crippen LogP contribution >= 0.6 is 15.9 Å². The first-order valence-corrected chi connectivity index (χ1v) is 6.90. The van der Waals surface area contributed by atoms with Gasteiger partial charge >= 0.3 is 0 Å². The van der Waals surface area contributed by atoms with Crippen LogP contribution in [0, 0.1) is 11.2 Å². The Hall–Kier alpha value is -0.570. The predicted octanol–water partition coefficient (Wildman–Crippen LogP) is 4.33. The first-order valence-electron chi connectivity index (χ1n) is 5.99. The third-order valence-electron chi connectivity index (χ3n) is 3.62. The molecule has 1 aliphatic rings. The maximum Gasteiger partial charge on any atom is 0.165 e. The van der Waals surface area contributed by atoms with Gasteiger partial charge in [-0.2, -0.15) is 0 Å². The highest BCUT2D eigenvalue weighted by Crippen LogP contribution is 2.43. The second-order valence-electron chi connectivity index (χ2n) is 5.30. The van der Waals surface area contributed by atoms with E-state index in [4.69, 9.17) is 4.74 Å². The van der Waals surface area contributed by atoms with Crippen molar-refractivity contribution >= 4 is 15.9 Å². The van der Waals surface area contributed by atoms with E-state index in [0.717, 1.165) is 12.0 Å². The molecule has 1 aromatic carbocycles. The fourth-order valence-electron chi connectivity index (χ4n) is 2.72. The van der Waals surface area contributed by atoms with Crippen molar-refractivity contribution in [1.29, 1.82) is 0 Å². The molecule has 0 aliphatic heterocycles. The standard InChI is InChI=1S/C14H18BrFO/c1-14(6-5-11(15)9-14)8-10-3-4-13(17-2)12(16)7-10/h3-4,7,11H,5-6,8-9H2,1-2H3. The molecule has 0 bridgehead atoms. The minimum absolute atomic E-state index is 0.262. The van der Waals surface area contributed by atoms with E-state index in [-0.39, 0.29) is 5.82 Å². The topological polar surface area (TPSA) is 9.23 Å². The van der Waals surface area contributed by atoms with E-state index in [2.05, 4.69) is 22.9 Å². The molecule has 1 nitrogen and oxygen atoms in total. The van der Waals surface area contributed by atoms with Crippen molar-refractivity contribution in [2.45, 2.75) is 37.4 Å². The van der Waals surface area contributed by atoms with E-state index in [9.17, 15) is 4.39 Å². The molecule has 0 saturated heterocycles. The highest BCUT2D eigenvalue weighted by Gasteiger charge is 2.33. The monoisotopic (exact) mass is 300 g/mol. The maximum atomic E-state index is 13.6. The minimum Gasteiger partial charge on any atom is -0.494 e. The van der Waals surface area contributed by atoms with Gasteiger partial charge in [-0.15, -0.1) is 0 Å². The number of ether oxygens (including phenoxy) is 1. The van der Waals surface area contributed by atoms with E-state index >= 15 is 0 Å². The number of benzene rings is 1. The molecule has 0 amide bonds. The second kappa shape index (κ2) is 4.97. The zero-order valence-corrected chi connectivity index (χ0v) is 11.9. The Kier molecular flexibility index (Phi) is 3.76. The van der Waals surface area contributed by atoms with E-state index in [0.29, 0.717) is 16.0 Å². The summed E-state index contributed by atoms with van der Waals surface area (Å²) >= 11 is 3.67. The van der Waals surface area contributed by atoms with Gasteiger partial charge in [0.05, 0.1) is 7.11 Å². The van der Waals surface area contributed by atoms with Crippen molar-refractivity contribution < 1.29 is 9.13 Å². The number of hydrogen-bond acceptors (Lipinski definition) is 1. The molecule has 2 unspecified atom stereocenters. The number of rotatable bonds is 3. The lowest BCUT2D eigenvalue weighted by Gasteiger charge is -2.23. The van der Waals surface area contributed by atoms with Crippen molar-refractivity contribution in [1.82, 2.24) is 0 Å². The van der Waals surface area contributed by atoms with E-state index in [1.807, 2.05) is 6.07 Å². The summed E-state index contributed by atoms with van der Waals surface area (Å²) in [4.78, 5) is 0.621. The zero-order chi connectivity index (χ0) is 12.5. The molecular formula is C14H18BrFO. The molecule has 1 saturated carbocycles. The fourth-order valence-corrected chi connectivity index (χ4v) is 3.73. The molecule has 2 atom stereocenters. The van der Waals surface area contributed by atoms with Crippen LogP contribution < -0.4 is 4.74 Å². The van der Waals surface area contributed by atoms with Crippen LogP contribution in [0.15, 0.2) is 18.2 Å². The summed E-state index contributed by atoms with van der Waals surface area (Å²) in [6.07, 6.45) is 4.53. The molecule has 0 aromatic heterocycles. The maximum absolute atomic E-state index is 13.6. The Morgan fingerprint density at radius 2 is 2.29 bits per heavy atom. The summed E-state index contributed by atoms with van der Waals surface area (Å²) in [7, 11) is 1.49. The Labute approximate surface area is 110 Å². The molecule has 17 heavy (non-hydrogen) atoms. The van der Waals surface area contributed by atoms with Gasteiger partial charge in [0, 0.05) is 4.83 Å². The highest BCUT2D eigenvalue weighted by molar-refractivity contribution is 9.09. The molecule has 1 aliphatic carbocycles. The summed E-state index contributed by atoms with van der Waals surface area (Å²) in [5.41, 5.74) is 1.36. The number of methoxy groups -OCH3 is 1. The molecule has 0 N–H and O–H groups in total. The SMILES string of the molecule is COc1ccc(CC2(C)CCC(Br)C2)cc1F. The zero-order valence-electron chi connectivity index (χ0n) is 10.3. The summed E-state index contributed by atoms with van der Waals surface area (Å²) in [5, 5.41) is 0. The third-order valence-corrected chi connectivity index (χ3v) is 4.40. The fraction of sp³-hybridized carbons (Fsp3) is 0.571. The van der Waals surface area contributed by atoms with Gasteiger partial charge in [-0.3, -0.25) is 0 Å². The number of halogens is 2. The minimum atomic E-state index is -0.262. The third kappa shape index (κ3) is 3.01.